The molecule has 19 heavy (non-hydrogen) atoms. The average Bonchev–Trinajstić information content (AvgIpc) is 2.47. The summed E-state index contributed by atoms with van der Waals surface area (Å²) in [5.41, 5.74) is 5.66. The number of nitrogens with two attached hydrogens (primary N) is 1. The minimum Gasteiger partial charge on any atom is -0.409 e. The number of nitrogens with zero attached hydrogens (tertiary/aromatic N) is 3. The van der Waals surface area contributed by atoms with E-state index in [0.29, 0.717) is 5.84 Å². The molecule has 0 aromatic carbocycles. The fraction of sp³-hybridized carbons (Fsp3) is 0.923. The Labute approximate surface area is 115 Å². The van der Waals surface area contributed by atoms with Crippen LogP contribution in [0.15, 0.2) is 5.16 Å². The van der Waals surface area contributed by atoms with Crippen molar-refractivity contribution in [2.75, 3.05) is 45.9 Å². The summed E-state index contributed by atoms with van der Waals surface area (Å²) in [4.78, 5) is 4.81. The number of amidine groups is 1. The minimum absolute atomic E-state index is 0.0234. The summed E-state index contributed by atoms with van der Waals surface area (Å²) >= 11 is 0. The standard InChI is InChI=1S/C13H26N4O2/c1-11(13(14)15-18)17-6-4-16(5-7-17)10-12-2-8-19-9-3-12/h11-12,18H,2-10H2,1H3,(H2,14,15). The van der Waals surface area contributed by atoms with Crippen molar-refractivity contribution in [3.8, 4) is 0 Å². The van der Waals surface area contributed by atoms with Gasteiger partial charge in [-0.15, -0.1) is 0 Å². The smallest absolute Gasteiger partial charge is 0.156 e. The Hall–Kier alpha value is -0.850. The second-order valence-corrected chi connectivity index (χ2v) is 5.59. The Bertz CT molecular complexity index is 297. The number of hydrogen-bond donors (Lipinski definition) is 2. The molecule has 6 nitrogen and oxygen atoms in total. The highest BCUT2D eigenvalue weighted by molar-refractivity contribution is 5.84. The summed E-state index contributed by atoms with van der Waals surface area (Å²) in [6, 6.07) is 0.0234. The van der Waals surface area contributed by atoms with E-state index >= 15 is 0 Å². The van der Waals surface area contributed by atoms with E-state index in [1.165, 1.54) is 19.4 Å². The SMILES string of the molecule is CC(C(N)=NO)N1CCN(CC2CCOCC2)CC1. The highest BCUT2D eigenvalue weighted by atomic mass is 16.5. The fourth-order valence-electron chi connectivity index (χ4n) is 2.90. The van der Waals surface area contributed by atoms with Gasteiger partial charge in [-0.25, -0.2) is 0 Å². The third kappa shape index (κ3) is 4.06. The van der Waals surface area contributed by atoms with Crippen LogP contribution in [-0.2, 0) is 4.74 Å². The van der Waals surface area contributed by atoms with Gasteiger partial charge in [-0.2, -0.15) is 0 Å². The molecule has 6 heteroatoms. The van der Waals surface area contributed by atoms with Crippen LogP contribution in [0.5, 0.6) is 0 Å². The number of hydrogen-bond acceptors (Lipinski definition) is 5. The first kappa shape index (κ1) is 14.6. The predicted octanol–water partition coefficient (Wildman–Crippen LogP) is 0.166. The van der Waals surface area contributed by atoms with Crippen LogP contribution in [0.2, 0.25) is 0 Å². The van der Waals surface area contributed by atoms with Gasteiger partial charge in [-0.05, 0) is 25.7 Å². The number of rotatable bonds is 4. The molecule has 1 unspecified atom stereocenters. The molecule has 2 saturated heterocycles. The maximum absolute atomic E-state index is 8.72. The molecule has 0 aliphatic carbocycles. The summed E-state index contributed by atoms with van der Waals surface area (Å²) in [5.74, 6) is 1.10. The second kappa shape index (κ2) is 7.07. The van der Waals surface area contributed by atoms with E-state index in [0.717, 1.165) is 45.3 Å². The zero-order valence-electron chi connectivity index (χ0n) is 11.8. The molecule has 3 N–H and O–H groups in total. The molecule has 2 rings (SSSR count). The van der Waals surface area contributed by atoms with Gasteiger partial charge >= 0.3 is 0 Å². The lowest BCUT2D eigenvalue weighted by Gasteiger charge is -2.39. The van der Waals surface area contributed by atoms with E-state index in [9.17, 15) is 0 Å². The summed E-state index contributed by atoms with van der Waals surface area (Å²) in [6.45, 7) is 9.14. The van der Waals surface area contributed by atoms with Crippen molar-refractivity contribution >= 4 is 5.84 Å². The van der Waals surface area contributed by atoms with Gasteiger partial charge < -0.3 is 20.6 Å². The van der Waals surface area contributed by atoms with E-state index in [2.05, 4.69) is 15.0 Å². The first-order chi connectivity index (χ1) is 9.20. The Morgan fingerprint density at radius 2 is 1.95 bits per heavy atom. The lowest BCUT2D eigenvalue weighted by Crippen LogP contribution is -2.53. The number of piperazine rings is 1. The van der Waals surface area contributed by atoms with Crippen LogP contribution < -0.4 is 5.73 Å². The summed E-state index contributed by atoms with van der Waals surface area (Å²) < 4.78 is 5.40. The van der Waals surface area contributed by atoms with Crippen LogP contribution in [0.25, 0.3) is 0 Å². The molecule has 110 valence electrons. The summed E-state index contributed by atoms with van der Waals surface area (Å²) in [7, 11) is 0. The van der Waals surface area contributed by atoms with Crippen molar-refractivity contribution < 1.29 is 9.94 Å². The van der Waals surface area contributed by atoms with E-state index in [4.69, 9.17) is 15.7 Å². The third-order valence-corrected chi connectivity index (χ3v) is 4.36. The molecule has 0 aromatic rings. The fourth-order valence-corrected chi connectivity index (χ4v) is 2.90. The average molecular weight is 270 g/mol. The molecule has 2 aliphatic rings. The minimum atomic E-state index is 0.0234. The zero-order chi connectivity index (χ0) is 13.7. The molecule has 0 bridgehead atoms. The quantitative estimate of drug-likeness (QED) is 0.329. The molecule has 2 heterocycles. The highest BCUT2D eigenvalue weighted by Gasteiger charge is 2.25. The molecule has 0 spiro atoms. The molecule has 0 amide bonds. The van der Waals surface area contributed by atoms with Crippen LogP contribution >= 0.6 is 0 Å². The van der Waals surface area contributed by atoms with Crippen LogP contribution in [0.3, 0.4) is 0 Å². The predicted molar refractivity (Wildman–Crippen MR) is 74.4 cm³/mol. The van der Waals surface area contributed by atoms with E-state index in [1.807, 2.05) is 6.92 Å². The monoisotopic (exact) mass is 270 g/mol. The third-order valence-electron chi connectivity index (χ3n) is 4.36. The summed E-state index contributed by atoms with van der Waals surface area (Å²) in [6.07, 6.45) is 2.39. The normalized spacial score (nSPS) is 26.5. The Kier molecular flexibility index (Phi) is 5.42. The van der Waals surface area contributed by atoms with Crippen molar-refractivity contribution in [1.29, 1.82) is 0 Å². The van der Waals surface area contributed by atoms with E-state index in [1.54, 1.807) is 0 Å². The van der Waals surface area contributed by atoms with Crippen LogP contribution in [0, 0.1) is 5.92 Å². The molecular formula is C13H26N4O2. The Morgan fingerprint density at radius 1 is 1.32 bits per heavy atom. The van der Waals surface area contributed by atoms with Gasteiger partial charge in [-0.3, -0.25) is 4.90 Å². The maximum Gasteiger partial charge on any atom is 0.156 e. The van der Waals surface area contributed by atoms with E-state index < -0.39 is 0 Å². The molecule has 0 aromatic heterocycles. The van der Waals surface area contributed by atoms with Crippen molar-refractivity contribution in [3.05, 3.63) is 0 Å². The second-order valence-electron chi connectivity index (χ2n) is 5.59. The van der Waals surface area contributed by atoms with Crippen LogP contribution in [-0.4, -0.2) is 72.8 Å². The van der Waals surface area contributed by atoms with Crippen molar-refractivity contribution in [2.45, 2.75) is 25.8 Å². The Balaban J connectivity index is 1.72. The maximum atomic E-state index is 8.72. The van der Waals surface area contributed by atoms with Crippen LogP contribution in [0.1, 0.15) is 19.8 Å². The lowest BCUT2D eigenvalue weighted by atomic mass is 9.99. The van der Waals surface area contributed by atoms with Crippen LogP contribution in [0.4, 0.5) is 0 Å². The first-order valence-electron chi connectivity index (χ1n) is 7.22. The van der Waals surface area contributed by atoms with Gasteiger partial charge in [0.2, 0.25) is 0 Å². The topological polar surface area (TPSA) is 74.3 Å². The molecule has 0 saturated carbocycles. The first-order valence-corrected chi connectivity index (χ1v) is 7.22. The van der Waals surface area contributed by atoms with Crippen molar-refractivity contribution in [3.63, 3.8) is 0 Å². The molecule has 2 fully saturated rings. The molecular weight excluding hydrogens is 244 g/mol. The largest absolute Gasteiger partial charge is 0.409 e. The number of ether oxygens (including phenoxy) is 1. The Morgan fingerprint density at radius 3 is 2.53 bits per heavy atom. The van der Waals surface area contributed by atoms with Gasteiger partial charge in [-0.1, -0.05) is 5.16 Å². The molecule has 0 radical (unpaired) electrons. The van der Waals surface area contributed by atoms with E-state index in [-0.39, 0.29) is 6.04 Å². The summed E-state index contributed by atoms with van der Waals surface area (Å²) in [5, 5.41) is 11.8. The highest BCUT2D eigenvalue weighted by Crippen LogP contribution is 2.17. The van der Waals surface area contributed by atoms with Gasteiger partial charge in [0.05, 0.1) is 6.04 Å². The van der Waals surface area contributed by atoms with Gasteiger partial charge in [0, 0.05) is 45.9 Å². The van der Waals surface area contributed by atoms with Gasteiger partial charge in [0.15, 0.2) is 5.84 Å². The molecule has 1 atom stereocenters. The van der Waals surface area contributed by atoms with Crippen molar-refractivity contribution in [1.82, 2.24) is 9.80 Å². The lowest BCUT2D eigenvalue weighted by molar-refractivity contribution is 0.0408. The zero-order valence-corrected chi connectivity index (χ0v) is 11.8. The van der Waals surface area contributed by atoms with Crippen molar-refractivity contribution in [2.24, 2.45) is 16.8 Å². The van der Waals surface area contributed by atoms with Gasteiger partial charge in [0.1, 0.15) is 0 Å². The number of oxime groups is 1. The molecule has 2 aliphatic heterocycles. The van der Waals surface area contributed by atoms with Gasteiger partial charge in [0.25, 0.3) is 0 Å².